The van der Waals surface area contributed by atoms with Crippen LogP contribution in [0.2, 0.25) is 5.02 Å². The Morgan fingerprint density at radius 2 is 1.83 bits per heavy atom. The molecular weight excluding hydrogens is 480 g/mol. The average molecular weight is 505 g/mol. The number of fused-ring (bicyclic) bond motifs is 2. The first-order valence-corrected chi connectivity index (χ1v) is 11.9. The number of benzene rings is 3. The van der Waals surface area contributed by atoms with Crippen LogP contribution in [0.5, 0.6) is 17.2 Å². The number of halogens is 1. The third-order valence-electron chi connectivity index (χ3n) is 6.13. The lowest BCUT2D eigenvalue weighted by Gasteiger charge is -2.20. The summed E-state index contributed by atoms with van der Waals surface area (Å²) in [6.45, 7) is 8.60. The second-order valence-electron chi connectivity index (χ2n) is 9.86. The number of hydrogen-bond donors (Lipinski definition) is 0. The Labute approximate surface area is 214 Å². The molecule has 6 nitrogen and oxygen atoms in total. The largest absolute Gasteiger partial charge is 0.467 e. The number of aryl methyl sites for hydroxylation is 1. The molecule has 0 spiro atoms. The van der Waals surface area contributed by atoms with Crippen molar-refractivity contribution < 1.29 is 28.5 Å². The van der Waals surface area contributed by atoms with Crippen LogP contribution in [0.4, 0.5) is 0 Å². The molecule has 0 radical (unpaired) electrons. The lowest BCUT2D eigenvalue weighted by atomic mass is 9.87. The van der Waals surface area contributed by atoms with E-state index in [-0.39, 0.29) is 23.8 Å². The first-order chi connectivity index (χ1) is 17.1. The number of carbonyl (C=O) groups is 2. The van der Waals surface area contributed by atoms with Crippen LogP contribution in [-0.4, -0.2) is 18.5 Å². The molecule has 2 aliphatic heterocycles. The lowest BCUT2D eigenvalue weighted by Crippen LogP contribution is -2.13. The van der Waals surface area contributed by atoms with Crippen molar-refractivity contribution in [2.75, 3.05) is 6.79 Å². The van der Waals surface area contributed by atoms with Gasteiger partial charge in [-0.2, -0.15) is 0 Å². The highest BCUT2D eigenvalue weighted by Crippen LogP contribution is 2.40. The average Bonchev–Trinajstić information content (AvgIpc) is 3.13. The van der Waals surface area contributed by atoms with E-state index in [0.717, 1.165) is 11.1 Å². The molecule has 0 fully saturated rings. The van der Waals surface area contributed by atoms with Crippen molar-refractivity contribution in [2.45, 2.75) is 39.7 Å². The van der Waals surface area contributed by atoms with Crippen LogP contribution in [0, 0.1) is 6.92 Å². The molecule has 0 unspecified atom stereocenters. The molecule has 2 aliphatic rings. The van der Waals surface area contributed by atoms with Gasteiger partial charge >= 0.3 is 5.97 Å². The van der Waals surface area contributed by atoms with Gasteiger partial charge in [0.1, 0.15) is 17.2 Å². The van der Waals surface area contributed by atoms with Gasteiger partial charge in [-0.3, -0.25) is 4.79 Å². The van der Waals surface area contributed by atoms with E-state index >= 15 is 0 Å². The third kappa shape index (κ3) is 4.62. The fourth-order valence-corrected chi connectivity index (χ4v) is 4.51. The normalized spacial score (nSPS) is 15.7. The number of carbonyl (C=O) groups excluding carboxylic acids is 2. The molecule has 0 N–H and O–H groups in total. The van der Waals surface area contributed by atoms with Crippen molar-refractivity contribution in [1.29, 1.82) is 0 Å². The summed E-state index contributed by atoms with van der Waals surface area (Å²) in [6, 6.07) is 14.1. The molecule has 0 atom stereocenters. The number of ether oxygens (including phenoxy) is 4. The Bertz CT molecular complexity index is 1410. The number of hydrogen-bond acceptors (Lipinski definition) is 6. The van der Waals surface area contributed by atoms with E-state index in [9.17, 15) is 9.59 Å². The highest BCUT2D eigenvalue weighted by atomic mass is 35.5. The Balaban J connectivity index is 1.40. The standard InChI is InChI=1S/C29H25ClO6/c1-16-9-22(35-28(32)17-5-7-20(8-6-17)29(2,3)4)13-23-25(16)26(31)24(36-23)12-18-10-21(30)11-19-14-33-15-34-27(18)19/h5-13H,14-15H2,1-4H3/b24-12-. The highest BCUT2D eigenvalue weighted by molar-refractivity contribution is 6.31. The zero-order valence-electron chi connectivity index (χ0n) is 20.4. The maximum absolute atomic E-state index is 13.1. The van der Waals surface area contributed by atoms with E-state index in [1.807, 2.05) is 12.1 Å². The highest BCUT2D eigenvalue weighted by Gasteiger charge is 2.31. The Hall–Kier alpha value is -3.61. The fourth-order valence-electron chi connectivity index (χ4n) is 4.27. The van der Waals surface area contributed by atoms with Gasteiger partial charge in [-0.25, -0.2) is 4.79 Å². The SMILES string of the molecule is Cc1cc(OC(=O)c2ccc(C(C)(C)C)cc2)cc2c1C(=O)/C(=C/c1cc(Cl)cc3c1OCOC3)O2. The molecular formula is C29H25ClO6. The molecule has 2 heterocycles. The number of Topliss-reactive ketones (excluding diaryl/α,β-unsaturated/α-hetero) is 1. The maximum Gasteiger partial charge on any atom is 0.343 e. The summed E-state index contributed by atoms with van der Waals surface area (Å²) < 4.78 is 22.5. The summed E-state index contributed by atoms with van der Waals surface area (Å²) >= 11 is 6.25. The zero-order chi connectivity index (χ0) is 25.6. The summed E-state index contributed by atoms with van der Waals surface area (Å²) in [6.07, 6.45) is 1.61. The topological polar surface area (TPSA) is 71.1 Å². The van der Waals surface area contributed by atoms with Crippen molar-refractivity contribution in [2.24, 2.45) is 0 Å². The number of rotatable bonds is 3. The molecule has 0 saturated heterocycles. The minimum atomic E-state index is -0.486. The van der Waals surface area contributed by atoms with E-state index in [4.69, 9.17) is 30.5 Å². The van der Waals surface area contributed by atoms with Gasteiger partial charge in [0.25, 0.3) is 0 Å². The van der Waals surface area contributed by atoms with Gasteiger partial charge in [0.05, 0.1) is 17.7 Å². The van der Waals surface area contributed by atoms with Crippen LogP contribution in [0.25, 0.3) is 6.08 Å². The van der Waals surface area contributed by atoms with E-state index in [0.29, 0.717) is 51.1 Å². The summed E-state index contributed by atoms with van der Waals surface area (Å²) in [5, 5.41) is 0.499. The summed E-state index contributed by atoms with van der Waals surface area (Å²) in [7, 11) is 0. The van der Waals surface area contributed by atoms with Crippen molar-refractivity contribution in [3.8, 4) is 17.2 Å². The zero-order valence-corrected chi connectivity index (χ0v) is 21.2. The number of esters is 1. The minimum Gasteiger partial charge on any atom is -0.467 e. The summed E-state index contributed by atoms with van der Waals surface area (Å²) in [4.78, 5) is 25.9. The van der Waals surface area contributed by atoms with Crippen LogP contribution in [-0.2, 0) is 16.8 Å². The smallest absolute Gasteiger partial charge is 0.343 e. The fraction of sp³-hybridized carbons (Fsp3) is 0.241. The van der Waals surface area contributed by atoms with Crippen LogP contribution in [0.15, 0.2) is 54.3 Å². The van der Waals surface area contributed by atoms with E-state index in [1.54, 1.807) is 49.4 Å². The molecule has 0 bridgehead atoms. The van der Waals surface area contributed by atoms with Gasteiger partial charge in [0.15, 0.2) is 12.6 Å². The molecule has 5 rings (SSSR count). The third-order valence-corrected chi connectivity index (χ3v) is 6.35. The second kappa shape index (κ2) is 9.12. The summed E-state index contributed by atoms with van der Waals surface area (Å²) in [5.41, 5.74) is 4.04. The van der Waals surface area contributed by atoms with Crippen molar-refractivity contribution in [1.82, 2.24) is 0 Å². The number of ketones is 1. The predicted molar refractivity (Wildman–Crippen MR) is 136 cm³/mol. The van der Waals surface area contributed by atoms with Crippen molar-refractivity contribution in [3.05, 3.63) is 92.7 Å². The molecule has 0 aliphatic carbocycles. The van der Waals surface area contributed by atoms with Crippen LogP contribution >= 0.6 is 11.6 Å². The molecule has 36 heavy (non-hydrogen) atoms. The van der Waals surface area contributed by atoms with E-state index in [2.05, 4.69) is 20.8 Å². The van der Waals surface area contributed by atoms with Gasteiger partial charge in [0.2, 0.25) is 5.78 Å². The Kier molecular flexibility index (Phi) is 6.10. The molecule has 0 aromatic heterocycles. The molecule has 3 aromatic rings. The maximum atomic E-state index is 13.1. The van der Waals surface area contributed by atoms with Crippen LogP contribution < -0.4 is 14.2 Å². The first-order valence-electron chi connectivity index (χ1n) is 11.5. The van der Waals surface area contributed by atoms with Gasteiger partial charge in [-0.1, -0.05) is 44.5 Å². The Morgan fingerprint density at radius 1 is 1.08 bits per heavy atom. The van der Waals surface area contributed by atoms with Gasteiger partial charge in [-0.15, -0.1) is 0 Å². The number of allylic oxidation sites excluding steroid dienone is 1. The summed E-state index contributed by atoms with van der Waals surface area (Å²) in [5.74, 6) is 0.616. The Morgan fingerprint density at radius 3 is 2.56 bits per heavy atom. The van der Waals surface area contributed by atoms with Gasteiger partial charge in [0, 0.05) is 22.2 Å². The van der Waals surface area contributed by atoms with Gasteiger partial charge in [-0.05, 0) is 59.9 Å². The van der Waals surface area contributed by atoms with Gasteiger partial charge < -0.3 is 18.9 Å². The van der Waals surface area contributed by atoms with Crippen LogP contribution in [0.3, 0.4) is 0 Å². The monoisotopic (exact) mass is 504 g/mol. The first kappa shape index (κ1) is 24.1. The predicted octanol–water partition coefficient (Wildman–Crippen LogP) is 6.65. The van der Waals surface area contributed by atoms with Crippen molar-refractivity contribution in [3.63, 3.8) is 0 Å². The molecule has 184 valence electrons. The second-order valence-corrected chi connectivity index (χ2v) is 10.3. The van der Waals surface area contributed by atoms with Crippen LogP contribution in [0.1, 0.15) is 63.7 Å². The molecule has 0 amide bonds. The quantitative estimate of drug-likeness (QED) is 0.226. The van der Waals surface area contributed by atoms with Crippen molar-refractivity contribution >= 4 is 29.4 Å². The lowest BCUT2D eigenvalue weighted by molar-refractivity contribution is -0.0165. The molecule has 7 heteroatoms. The molecule has 3 aromatic carbocycles. The van der Waals surface area contributed by atoms with E-state index < -0.39 is 5.97 Å². The molecule has 0 saturated carbocycles. The minimum absolute atomic E-state index is 0.0150. The van der Waals surface area contributed by atoms with E-state index in [1.165, 1.54) is 0 Å².